The van der Waals surface area contributed by atoms with Gasteiger partial charge < -0.3 is 9.64 Å². The van der Waals surface area contributed by atoms with E-state index in [4.69, 9.17) is 4.74 Å². The fourth-order valence-electron chi connectivity index (χ4n) is 3.01. The average Bonchev–Trinajstić information content (AvgIpc) is 2.90. The summed E-state index contributed by atoms with van der Waals surface area (Å²) in [7, 11) is 0. The molecule has 1 aromatic heterocycles. The molecule has 2 bridgehead atoms. The van der Waals surface area contributed by atoms with Gasteiger partial charge in [-0.05, 0) is 25.8 Å². The van der Waals surface area contributed by atoms with Crippen LogP contribution in [0.2, 0.25) is 0 Å². The maximum absolute atomic E-state index is 5.75. The molecule has 2 fully saturated rings. The molecule has 3 rings (SSSR count). The van der Waals surface area contributed by atoms with Crippen LogP contribution in [-0.4, -0.2) is 35.3 Å². The van der Waals surface area contributed by atoms with Gasteiger partial charge in [0.05, 0.1) is 6.10 Å². The van der Waals surface area contributed by atoms with Crippen LogP contribution in [0.4, 0.5) is 5.95 Å². The minimum absolute atomic E-state index is 0.468. The molecule has 2 aliphatic rings. The smallest absolute Gasteiger partial charge is 0.225 e. The molecule has 1 saturated heterocycles. The standard InChI is InChI=1S/C12H17N3O/c1-2-16-11-7-10-6-9(11)8-15(10)12-13-4-3-5-14-12/h3-5,9-11H,2,6-8H2,1H3/t9-,10+,11+/m0/s1. The Labute approximate surface area is 95.7 Å². The second-order valence-electron chi connectivity index (χ2n) is 4.58. The summed E-state index contributed by atoms with van der Waals surface area (Å²) in [5.74, 6) is 1.55. The molecule has 3 atom stereocenters. The summed E-state index contributed by atoms with van der Waals surface area (Å²) >= 11 is 0. The molecule has 16 heavy (non-hydrogen) atoms. The summed E-state index contributed by atoms with van der Waals surface area (Å²) in [6.07, 6.45) is 6.47. The van der Waals surface area contributed by atoms with Crippen molar-refractivity contribution in [3.63, 3.8) is 0 Å². The number of rotatable bonds is 3. The summed E-state index contributed by atoms with van der Waals surface area (Å²) in [6, 6.07) is 2.45. The molecule has 0 unspecified atom stereocenters. The Morgan fingerprint density at radius 3 is 2.81 bits per heavy atom. The van der Waals surface area contributed by atoms with Crippen LogP contribution in [-0.2, 0) is 4.74 Å². The first kappa shape index (κ1) is 10.0. The van der Waals surface area contributed by atoms with Crippen LogP contribution in [0, 0.1) is 5.92 Å². The van der Waals surface area contributed by atoms with Gasteiger partial charge in [0.15, 0.2) is 0 Å². The van der Waals surface area contributed by atoms with Crippen molar-refractivity contribution in [3.8, 4) is 0 Å². The Kier molecular flexibility index (Phi) is 2.52. The lowest BCUT2D eigenvalue weighted by molar-refractivity contribution is 0.0326. The van der Waals surface area contributed by atoms with Crippen molar-refractivity contribution in [3.05, 3.63) is 18.5 Å². The van der Waals surface area contributed by atoms with E-state index in [0.29, 0.717) is 18.1 Å². The zero-order valence-electron chi connectivity index (χ0n) is 9.54. The molecular formula is C12H17N3O. The normalized spacial score (nSPS) is 32.3. The number of nitrogens with zero attached hydrogens (tertiary/aromatic N) is 3. The third kappa shape index (κ3) is 1.57. The average molecular weight is 219 g/mol. The molecule has 2 heterocycles. The molecule has 4 heteroatoms. The SMILES string of the molecule is CCO[C@@H]1C[C@H]2C[C@H]1CN2c1ncccn1. The lowest BCUT2D eigenvalue weighted by Gasteiger charge is -2.31. The van der Waals surface area contributed by atoms with E-state index in [0.717, 1.165) is 25.5 Å². The predicted octanol–water partition coefficient (Wildman–Crippen LogP) is 1.48. The first-order chi connectivity index (χ1) is 7.88. The second-order valence-corrected chi connectivity index (χ2v) is 4.58. The van der Waals surface area contributed by atoms with Gasteiger partial charge in [-0.1, -0.05) is 0 Å². The highest BCUT2D eigenvalue weighted by Gasteiger charge is 2.45. The minimum Gasteiger partial charge on any atom is -0.378 e. The van der Waals surface area contributed by atoms with Crippen molar-refractivity contribution in [2.75, 3.05) is 18.1 Å². The third-order valence-electron chi connectivity index (χ3n) is 3.67. The Balaban J connectivity index is 1.71. The van der Waals surface area contributed by atoms with E-state index in [1.54, 1.807) is 0 Å². The number of anilines is 1. The van der Waals surface area contributed by atoms with Gasteiger partial charge in [-0.25, -0.2) is 9.97 Å². The van der Waals surface area contributed by atoms with E-state index in [-0.39, 0.29) is 0 Å². The fourth-order valence-corrected chi connectivity index (χ4v) is 3.01. The largest absolute Gasteiger partial charge is 0.378 e. The van der Waals surface area contributed by atoms with Gasteiger partial charge in [-0.3, -0.25) is 0 Å². The number of hydrogen-bond acceptors (Lipinski definition) is 4. The van der Waals surface area contributed by atoms with Gasteiger partial charge in [0.2, 0.25) is 5.95 Å². The highest BCUT2D eigenvalue weighted by molar-refractivity contribution is 5.35. The zero-order chi connectivity index (χ0) is 11.0. The van der Waals surface area contributed by atoms with E-state index in [2.05, 4.69) is 21.8 Å². The summed E-state index contributed by atoms with van der Waals surface area (Å²) in [4.78, 5) is 11.0. The Morgan fingerprint density at radius 1 is 1.38 bits per heavy atom. The van der Waals surface area contributed by atoms with Crippen molar-refractivity contribution in [1.82, 2.24) is 9.97 Å². The molecule has 4 nitrogen and oxygen atoms in total. The maximum atomic E-state index is 5.75. The number of ether oxygens (including phenoxy) is 1. The van der Waals surface area contributed by atoms with Crippen LogP contribution in [0.5, 0.6) is 0 Å². The molecule has 1 aliphatic heterocycles. The van der Waals surface area contributed by atoms with Crippen LogP contribution in [0.25, 0.3) is 0 Å². The van der Waals surface area contributed by atoms with Crippen molar-refractivity contribution < 1.29 is 4.74 Å². The van der Waals surface area contributed by atoms with Gasteiger partial charge in [-0.2, -0.15) is 0 Å². The quantitative estimate of drug-likeness (QED) is 0.772. The minimum atomic E-state index is 0.468. The van der Waals surface area contributed by atoms with Crippen molar-refractivity contribution in [2.45, 2.75) is 31.9 Å². The second kappa shape index (κ2) is 4.01. The topological polar surface area (TPSA) is 38.2 Å². The molecule has 0 amide bonds. The van der Waals surface area contributed by atoms with E-state index in [9.17, 15) is 0 Å². The summed E-state index contributed by atoms with van der Waals surface area (Å²) in [5.41, 5.74) is 0. The van der Waals surface area contributed by atoms with Crippen LogP contribution >= 0.6 is 0 Å². The molecule has 0 N–H and O–H groups in total. The first-order valence-corrected chi connectivity index (χ1v) is 6.03. The van der Waals surface area contributed by atoms with E-state index in [1.807, 2.05) is 18.5 Å². The predicted molar refractivity (Wildman–Crippen MR) is 61.3 cm³/mol. The Hall–Kier alpha value is -1.16. The fraction of sp³-hybridized carbons (Fsp3) is 0.667. The van der Waals surface area contributed by atoms with Crippen molar-refractivity contribution in [1.29, 1.82) is 0 Å². The number of aromatic nitrogens is 2. The Bertz CT molecular complexity index is 357. The van der Waals surface area contributed by atoms with Gasteiger partial charge in [0.25, 0.3) is 0 Å². The molecular weight excluding hydrogens is 202 g/mol. The van der Waals surface area contributed by atoms with Gasteiger partial charge in [-0.15, -0.1) is 0 Å². The lowest BCUT2D eigenvalue weighted by Crippen LogP contribution is -2.39. The molecule has 0 spiro atoms. The van der Waals surface area contributed by atoms with Crippen LogP contribution in [0.15, 0.2) is 18.5 Å². The van der Waals surface area contributed by atoms with Crippen LogP contribution in [0.3, 0.4) is 0 Å². The van der Waals surface area contributed by atoms with Crippen molar-refractivity contribution in [2.24, 2.45) is 5.92 Å². The van der Waals surface area contributed by atoms with Gasteiger partial charge in [0, 0.05) is 37.5 Å². The highest BCUT2D eigenvalue weighted by Crippen LogP contribution is 2.40. The maximum Gasteiger partial charge on any atom is 0.225 e. The van der Waals surface area contributed by atoms with Crippen LogP contribution < -0.4 is 4.90 Å². The van der Waals surface area contributed by atoms with Crippen LogP contribution in [0.1, 0.15) is 19.8 Å². The molecule has 0 aromatic carbocycles. The number of piperidine rings is 1. The van der Waals surface area contributed by atoms with E-state index >= 15 is 0 Å². The monoisotopic (exact) mass is 219 g/mol. The summed E-state index contributed by atoms with van der Waals surface area (Å²) in [5, 5.41) is 0. The molecule has 86 valence electrons. The lowest BCUT2D eigenvalue weighted by atomic mass is 10.1. The van der Waals surface area contributed by atoms with E-state index < -0.39 is 0 Å². The number of hydrogen-bond donors (Lipinski definition) is 0. The summed E-state index contributed by atoms with van der Waals surface area (Å²) in [6.45, 7) is 3.96. The molecule has 1 saturated carbocycles. The molecule has 0 radical (unpaired) electrons. The van der Waals surface area contributed by atoms with Gasteiger partial charge in [0.1, 0.15) is 0 Å². The highest BCUT2D eigenvalue weighted by atomic mass is 16.5. The van der Waals surface area contributed by atoms with Gasteiger partial charge >= 0.3 is 0 Å². The molecule has 1 aromatic rings. The van der Waals surface area contributed by atoms with Crippen molar-refractivity contribution >= 4 is 5.95 Å². The zero-order valence-corrected chi connectivity index (χ0v) is 9.54. The first-order valence-electron chi connectivity index (χ1n) is 6.03. The summed E-state index contributed by atoms with van der Waals surface area (Å²) < 4.78 is 5.75. The third-order valence-corrected chi connectivity index (χ3v) is 3.67. The van der Waals surface area contributed by atoms with E-state index in [1.165, 1.54) is 6.42 Å². The molecule has 1 aliphatic carbocycles. The Morgan fingerprint density at radius 2 is 2.19 bits per heavy atom. The number of fused-ring (bicyclic) bond motifs is 2.